The Balaban J connectivity index is 2.42. The van der Waals surface area contributed by atoms with E-state index in [2.05, 4.69) is 49.4 Å². The fraction of sp³-hybridized carbons (Fsp3) is 0.846. The van der Waals surface area contributed by atoms with Gasteiger partial charge in [0.2, 0.25) is 0 Å². The Hall–Kier alpha value is -0.610. The van der Waals surface area contributed by atoms with Gasteiger partial charge in [-0.3, -0.25) is 0 Å². The summed E-state index contributed by atoms with van der Waals surface area (Å²) in [5.74, 6) is 3.01. The Morgan fingerprint density at radius 1 is 1.22 bits per heavy atom. The zero-order chi connectivity index (χ0) is 13.4. The minimum absolute atomic E-state index is 0.180. The van der Waals surface area contributed by atoms with Crippen LogP contribution in [0.3, 0.4) is 0 Å². The Morgan fingerprint density at radius 2 is 1.89 bits per heavy atom. The summed E-state index contributed by atoms with van der Waals surface area (Å²) in [6.07, 6.45) is 0.446. The number of rotatable bonds is 3. The van der Waals surface area contributed by atoms with Gasteiger partial charge in [-0.05, 0) is 33.6 Å². The van der Waals surface area contributed by atoms with Gasteiger partial charge in [-0.15, -0.1) is 21.8 Å². The Morgan fingerprint density at radius 3 is 2.33 bits per heavy atom. The van der Waals surface area contributed by atoms with E-state index in [-0.39, 0.29) is 12.2 Å². The van der Waals surface area contributed by atoms with E-state index >= 15 is 0 Å². The number of aromatic nitrogens is 3. The molecule has 1 fully saturated rings. The number of nitrogens with zero attached hydrogens (tertiary/aromatic N) is 3. The maximum Gasteiger partial charge on any atom is 0.148 e. The second-order valence-electron chi connectivity index (χ2n) is 5.50. The van der Waals surface area contributed by atoms with E-state index in [0.29, 0.717) is 23.8 Å². The van der Waals surface area contributed by atoms with Gasteiger partial charge in [0.15, 0.2) is 0 Å². The van der Waals surface area contributed by atoms with Crippen LogP contribution >= 0.6 is 11.6 Å². The second kappa shape index (κ2) is 5.17. The summed E-state index contributed by atoms with van der Waals surface area (Å²) in [6.45, 7) is 10.7. The molecule has 2 heterocycles. The van der Waals surface area contributed by atoms with Gasteiger partial charge in [0.1, 0.15) is 11.6 Å². The fourth-order valence-electron chi connectivity index (χ4n) is 2.93. The molecule has 0 aromatic carbocycles. The first-order valence-electron chi connectivity index (χ1n) is 6.62. The fourth-order valence-corrected chi connectivity index (χ4v) is 3.11. The molecule has 4 nitrogen and oxygen atoms in total. The van der Waals surface area contributed by atoms with Crippen molar-refractivity contribution in [1.29, 1.82) is 0 Å². The van der Waals surface area contributed by atoms with Crippen LogP contribution in [0.1, 0.15) is 58.2 Å². The minimum Gasteiger partial charge on any atom is -0.374 e. The molecule has 2 rings (SSSR count). The third kappa shape index (κ3) is 2.16. The van der Waals surface area contributed by atoms with Crippen LogP contribution in [0.25, 0.3) is 0 Å². The van der Waals surface area contributed by atoms with Crippen molar-refractivity contribution in [2.75, 3.05) is 0 Å². The molecule has 0 saturated carbocycles. The molecule has 5 heteroatoms. The van der Waals surface area contributed by atoms with Crippen molar-refractivity contribution >= 4 is 11.6 Å². The normalized spacial score (nSPS) is 32.4. The van der Waals surface area contributed by atoms with Crippen LogP contribution in [0.15, 0.2) is 0 Å². The van der Waals surface area contributed by atoms with Gasteiger partial charge in [0, 0.05) is 6.04 Å². The van der Waals surface area contributed by atoms with Crippen molar-refractivity contribution in [3.8, 4) is 0 Å². The molecule has 102 valence electrons. The molecule has 1 aromatic heterocycles. The molecule has 4 unspecified atom stereocenters. The highest BCUT2D eigenvalue weighted by molar-refractivity contribution is 6.16. The predicted octanol–water partition coefficient (Wildman–Crippen LogP) is 3.12. The lowest BCUT2D eigenvalue weighted by Crippen LogP contribution is -2.21. The summed E-state index contributed by atoms with van der Waals surface area (Å²) in [5.41, 5.74) is 0. The average Bonchev–Trinajstić information content (AvgIpc) is 2.81. The monoisotopic (exact) mass is 271 g/mol. The van der Waals surface area contributed by atoms with E-state index in [9.17, 15) is 0 Å². The van der Waals surface area contributed by atoms with Gasteiger partial charge in [0.05, 0.1) is 24.0 Å². The Kier molecular flexibility index (Phi) is 3.97. The quantitative estimate of drug-likeness (QED) is 0.793. The first kappa shape index (κ1) is 13.8. The SMILES string of the molecule is CC1OC(C)C(c2nnc(CCl)n2C(C)C)C1C. The molecule has 1 aliphatic heterocycles. The van der Waals surface area contributed by atoms with E-state index < -0.39 is 0 Å². The third-order valence-corrected chi connectivity index (χ3v) is 4.21. The van der Waals surface area contributed by atoms with Crippen molar-refractivity contribution in [2.24, 2.45) is 5.92 Å². The van der Waals surface area contributed by atoms with E-state index in [1.54, 1.807) is 0 Å². The molecular formula is C13H22ClN3O. The number of alkyl halides is 1. The molecule has 0 spiro atoms. The summed E-state index contributed by atoms with van der Waals surface area (Å²) >= 11 is 5.94. The van der Waals surface area contributed by atoms with Crippen LogP contribution in [0.4, 0.5) is 0 Å². The highest BCUT2D eigenvalue weighted by Crippen LogP contribution is 2.39. The molecule has 0 aliphatic carbocycles. The second-order valence-corrected chi connectivity index (χ2v) is 5.77. The van der Waals surface area contributed by atoms with Gasteiger partial charge in [0.25, 0.3) is 0 Å². The number of hydrogen-bond acceptors (Lipinski definition) is 3. The molecule has 0 amide bonds. The maximum atomic E-state index is 5.94. The highest BCUT2D eigenvalue weighted by atomic mass is 35.5. The zero-order valence-electron chi connectivity index (χ0n) is 11.7. The van der Waals surface area contributed by atoms with Gasteiger partial charge in [-0.1, -0.05) is 6.92 Å². The van der Waals surface area contributed by atoms with Crippen molar-refractivity contribution < 1.29 is 4.74 Å². The number of ether oxygens (including phenoxy) is 1. The topological polar surface area (TPSA) is 39.9 Å². The minimum atomic E-state index is 0.180. The average molecular weight is 272 g/mol. The highest BCUT2D eigenvalue weighted by Gasteiger charge is 2.41. The van der Waals surface area contributed by atoms with E-state index in [0.717, 1.165) is 11.6 Å². The van der Waals surface area contributed by atoms with E-state index in [1.807, 2.05) is 0 Å². The number of hydrogen-bond donors (Lipinski definition) is 0. The largest absolute Gasteiger partial charge is 0.374 e. The first-order chi connectivity index (χ1) is 8.47. The lowest BCUT2D eigenvalue weighted by molar-refractivity contribution is 0.0551. The molecule has 4 atom stereocenters. The standard InChI is InChI=1S/C13H22ClN3O/c1-7(2)17-11(6-14)15-16-13(17)12-8(3)9(4)18-10(12)5/h7-10,12H,6H2,1-5H3. The van der Waals surface area contributed by atoms with E-state index in [1.165, 1.54) is 0 Å². The summed E-state index contributed by atoms with van der Waals surface area (Å²) in [5, 5.41) is 8.59. The van der Waals surface area contributed by atoms with E-state index in [4.69, 9.17) is 16.3 Å². The lowest BCUT2D eigenvalue weighted by Gasteiger charge is -2.21. The molecule has 1 saturated heterocycles. The molecule has 0 radical (unpaired) electrons. The third-order valence-electron chi connectivity index (χ3n) is 3.97. The van der Waals surface area contributed by atoms with Crippen LogP contribution in [-0.4, -0.2) is 27.0 Å². The summed E-state index contributed by atoms with van der Waals surface area (Å²) in [7, 11) is 0. The molecule has 0 bridgehead atoms. The van der Waals surface area contributed by atoms with Crippen LogP contribution in [-0.2, 0) is 10.6 Å². The smallest absolute Gasteiger partial charge is 0.148 e. The number of halogens is 1. The van der Waals surface area contributed by atoms with Crippen LogP contribution < -0.4 is 0 Å². The molecule has 1 aromatic rings. The summed E-state index contributed by atoms with van der Waals surface area (Å²) < 4.78 is 8.06. The van der Waals surface area contributed by atoms with Crippen LogP contribution in [0.2, 0.25) is 0 Å². The van der Waals surface area contributed by atoms with Crippen molar-refractivity contribution in [2.45, 2.75) is 64.7 Å². The predicted molar refractivity (Wildman–Crippen MR) is 71.9 cm³/mol. The van der Waals surface area contributed by atoms with Crippen LogP contribution in [0.5, 0.6) is 0 Å². The lowest BCUT2D eigenvalue weighted by atomic mass is 9.88. The Labute approximate surface area is 114 Å². The zero-order valence-corrected chi connectivity index (χ0v) is 12.5. The first-order valence-corrected chi connectivity index (χ1v) is 7.15. The molecular weight excluding hydrogens is 250 g/mol. The summed E-state index contributed by atoms with van der Waals surface area (Å²) in [4.78, 5) is 0. The van der Waals surface area contributed by atoms with Crippen LogP contribution in [0, 0.1) is 5.92 Å². The van der Waals surface area contributed by atoms with Gasteiger partial charge in [-0.25, -0.2) is 0 Å². The molecule has 1 aliphatic rings. The summed E-state index contributed by atoms with van der Waals surface area (Å²) in [6, 6.07) is 0.319. The molecule has 18 heavy (non-hydrogen) atoms. The Bertz CT molecular complexity index is 418. The van der Waals surface area contributed by atoms with Gasteiger partial charge in [-0.2, -0.15) is 0 Å². The van der Waals surface area contributed by atoms with Crippen molar-refractivity contribution in [3.05, 3.63) is 11.6 Å². The van der Waals surface area contributed by atoms with Crippen molar-refractivity contribution in [3.63, 3.8) is 0 Å². The van der Waals surface area contributed by atoms with Gasteiger partial charge < -0.3 is 9.30 Å². The van der Waals surface area contributed by atoms with Crippen molar-refractivity contribution in [1.82, 2.24) is 14.8 Å². The molecule has 0 N–H and O–H groups in total. The maximum absolute atomic E-state index is 5.94. The van der Waals surface area contributed by atoms with Gasteiger partial charge >= 0.3 is 0 Å².